The molecule has 0 aliphatic rings. The van der Waals surface area contributed by atoms with Crippen LogP contribution in [0.5, 0.6) is 5.75 Å². The summed E-state index contributed by atoms with van der Waals surface area (Å²) in [4.78, 5) is 22.2. The summed E-state index contributed by atoms with van der Waals surface area (Å²) in [5, 5.41) is 0. The first kappa shape index (κ1) is 14.7. The van der Waals surface area contributed by atoms with Crippen LogP contribution in [0.2, 0.25) is 0 Å². The van der Waals surface area contributed by atoms with E-state index in [2.05, 4.69) is 15.9 Å². The molecule has 1 atom stereocenters. The van der Waals surface area contributed by atoms with Crippen molar-refractivity contribution in [2.75, 3.05) is 6.61 Å². The second-order valence-electron chi connectivity index (χ2n) is 3.57. The summed E-state index contributed by atoms with van der Waals surface area (Å²) in [6.07, 6.45) is 0.626. The molecule has 0 N–H and O–H groups in total. The van der Waals surface area contributed by atoms with E-state index in [1.54, 1.807) is 25.1 Å². The number of carbonyl (C=O) groups excluding carboxylic acids is 2. The summed E-state index contributed by atoms with van der Waals surface area (Å²) in [6, 6.07) is 4.92. The smallest absolute Gasteiger partial charge is 0.347 e. The lowest BCUT2D eigenvalue weighted by Gasteiger charge is -2.17. The van der Waals surface area contributed by atoms with E-state index in [1.807, 2.05) is 6.92 Å². The first-order valence-electron chi connectivity index (χ1n) is 5.70. The molecule has 0 saturated carbocycles. The SMILES string of the molecule is CCOC(=O)C(CC)Oc1ccc(C=O)cc1Br. The van der Waals surface area contributed by atoms with E-state index >= 15 is 0 Å². The van der Waals surface area contributed by atoms with Gasteiger partial charge in [0, 0.05) is 5.56 Å². The number of rotatable bonds is 6. The third kappa shape index (κ3) is 3.84. The maximum absolute atomic E-state index is 11.6. The highest BCUT2D eigenvalue weighted by molar-refractivity contribution is 9.10. The number of carbonyl (C=O) groups is 2. The predicted octanol–water partition coefficient (Wildman–Crippen LogP) is 2.98. The van der Waals surface area contributed by atoms with Gasteiger partial charge in [0.2, 0.25) is 0 Å². The average molecular weight is 315 g/mol. The first-order chi connectivity index (χ1) is 8.62. The van der Waals surface area contributed by atoms with Crippen LogP contribution in [-0.2, 0) is 9.53 Å². The summed E-state index contributed by atoms with van der Waals surface area (Å²) in [5.41, 5.74) is 0.540. The molecule has 0 aliphatic carbocycles. The van der Waals surface area contributed by atoms with Crippen LogP contribution in [0.15, 0.2) is 22.7 Å². The van der Waals surface area contributed by atoms with Gasteiger partial charge in [-0.2, -0.15) is 0 Å². The van der Waals surface area contributed by atoms with Gasteiger partial charge in [-0.1, -0.05) is 6.92 Å². The molecule has 1 aromatic rings. The molecule has 0 aromatic heterocycles. The lowest BCUT2D eigenvalue weighted by molar-refractivity contribution is -0.151. The minimum Gasteiger partial charge on any atom is -0.478 e. The summed E-state index contributed by atoms with van der Waals surface area (Å²) < 4.78 is 11.1. The first-order valence-corrected chi connectivity index (χ1v) is 6.49. The van der Waals surface area contributed by atoms with Gasteiger partial charge < -0.3 is 9.47 Å². The molecule has 18 heavy (non-hydrogen) atoms. The van der Waals surface area contributed by atoms with Crippen molar-refractivity contribution < 1.29 is 19.1 Å². The monoisotopic (exact) mass is 314 g/mol. The molecule has 0 spiro atoms. The van der Waals surface area contributed by atoms with Crippen molar-refractivity contribution in [1.29, 1.82) is 0 Å². The zero-order valence-electron chi connectivity index (χ0n) is 10.3. The van der Waals surface area contributed by atoms with Crippen molar-refractivity contribution in [3.05, 3.63) is 28.2 Å². The minimum absolute atomic E-state index is 0.323. The largest absolute Gasteiger partial charge is 0.478 e. The Morgan fingerprint density at radius 3 is 2.67 bits per heavy atom. The van der Waals surface area contributed by atoms with Crippen LogP contribution < -0.4 is 4.74 Å². The van der Waals surface area contributed by atoms with Crippen molar-refractivity contribution in [2.24, 2.45) is 0 Å². The maximum Gasteiger partial charge on any atom is 0.347 e. The van der Waals surface area contributed by atoms with Crippen molar-refractivity contribution in [3.8, 4) is 5.75 Å². The highest BCUT2D eigenvalue weighted by Gasteiger charge is 2.20. The fourth-order valence-corrected chi connectivity index (χ4v) is 1.86. The number of benzene rings is 1. The van der Waals surface area contributed by atoms with Gasteiger partial charge in [0.25, 0.3) is 0 Å². The Morgan fingerprint density at radius 2 is 2.17 bits per heavy atom. The van der Waals surface area contributed by atoms with Gasteiger partial charge in [-0.3, -0.25) is 4.79 Å². The fourth-order valence-electron chi connectivity index (χ4n) is 1.37. The van der Waals surface area contributed by atoms with E-state index in [1.165, 1.54) is 0 Å². The van der Waals surface area contributed by atoms with E-state index in [9.17, 15) is 9.59 Å². The Hall–Kier alpha value is -1.36. The number of halogens is 1. The van der Waals surface area contributed by atoms with E-state index in [-0.39, 0.29) is 5.97 Å². The molecule has 5 heteroatoms. The molecule has 0 amide bonds. The summed E-state index contributed by atoms with van der Waals surface area (Å²) >= 11 is 3.30. The van der Waals surface area contributed by atoms with Gasteiger partial charge in [0.15, 0.2) is 6.10 Å². The molecule has 4 nitrogen and oxygen atoms in total. The Bertz CT molecular complexity index is 431. The van der Waals surface area contributed by atoms with Crippen molar-refractivity contribution in [2.45, 2.75) is 26.4 Å². The topological polar surface area (TPSA) is 52.6 Å². The summed E-state index contributed by atoms with van der Waals surface area (Å²) in [6.45, 7) is 3.92. The van der Waals surface area contributed by atoms with Gasteiger partial charge >= 0.3 is 5.97 Å². The maximum atomic E-state index is 11.6. The van der Waals surface area contributed by atoms with Crippen molar-refractivity contribution in [3.63, 3.8) is 0 Å². The third-order valence-electron chi connectivity index (χ3n) is 2.28. The normalized spacial score (nSPS) is 11.7. The van der Waals surface area contributed by atoms with Crippen molar-refractivity contribution in [1.82, 2.24) is 0 Å². The van der Waals surface area contributed by atoms with E-state index < -0.39 is 6.10 Å². The summed E-state index contributed by atoms with van der Waals surface area (Å²) in [5.74, 6) is 0.131. The molecule has 98 valence electrons. The predicted molar refractivity (Wildman–Crippen MR) is 70.9 cm³/mol. The van der Waals surface area contributed by atoms with E-state index in [4.69, 9.17) is 9.47 Å². The van der Waals surface area contributed by atoms with Crippen molar-refractivity contribution >= 4 is 28.2 Å². The highest BCUT2D eigenvalue weighted by atomic mass is 79.9. The molecule has 1 unspecified atom stereocenters. The van der Waals surface area contributed by atoms with Crippen LogP contribution in [0.1, 0.15) is 30.6 Å². The molecule has 0 bridgehead atoms. The van der Waals surface area contributed by atoms with Crippen LogP contribution in [-0.4, -0.2) is 25.0 Å². The molecular formula is C13H15BrO4. The van der Waals surface area contributed by atoms with Crippen LogP contribution >= 0.6 is 15.9 Å². The zero-order chi connectivity index (χ0) is 13.5. The molecule has 1 rings (SSSR count). The van der Waals surface area contributed by atoms with Crippen LogP contribution in [0.25, 0.3) is 0 Å². The lowest BCUT2D eigenvalue weighted by atomic mass is 10.2. The standard InChI is InChI=1S/C13H15BrO4/c1-3-11(13(16)17-4-2)18-12-6-5-9(8-15)7-10(12)14/h5-8,11H,3-4H2,1-2H3. The number of ether oxygens (including phenoxy) is 2. The van der Waals surface area contributed by atoms with Crippen LogP contribution in [0, 0.1) is 0 Å². The van der Waals surface area contributed by atoms with Gasteiger partial charge in [-0.15, -0.1) is 0 Å². The van der Waals surface area contributed by atoms with Gasteiger partial charge in [-0.25, -0.2) is 4.79 Å². The number of hydrogen-bond donors (Lipinski definition) is 0. The van der Waals surface area contributed by atoms with Crippen LogP contribution in [0.4, 0.5) is 0 Å². The minimum atomic E-state index is -0.636. The molecule has 0 saturated heterocycles. The molecule has 0 heterocycles. The highest BCUT2D eigenvalue weighted by Crippen LogP contribution is 2.27. The fraction of sp³-hybridized carbons (Fsp3) is 0.385. The number of aldehydes is 1. The van der Waals surface area contributed by atoms with Gasteiger partial charge in [0.05, 0.1) is 11.1 Å². The number of hydrogen-bond acceptors (Lipinski definition) is 4. The molecule has 0 radical (unpaired) electrons. The third-order valence-corrected chi connectivity index (χ3v) is 2.90. The Balaban J connectivity index is 2.81. The Morgan fingerprint density at radius 1 is 1.44 bits per heavy atom. The molecule has 0 aliphatic heterocycles. The molecular weight excluding hydrogens is 300 g/mol. The Kier molecular flexibility index (Phi) is 5.85. The van der Waals surface area contributed by atoms with Gasteiger partial charge in [-0.05, 0) is 47.5 Å². The quantitative estimate of drug-likeness (QED) is 0.598. The second kappa shape index (κ2) is 7.16. The van der Waals surface area contributed by atoms with E-state index in [0.717, 1.165) is 6.29 Å². The van der Waals surface area contributed by atoms with Crippen LogP contribution in [0.3, 0.4) is 0 Å². The second-order valence-corrected chi connectivity index (χ2v) is 4.43. The molecule has 1 aromatic carbocycles. The van der Waals surface area contributed by atoms with Gasteiger partial charge in [0.1, 0.15) is 12.0 Å². The summed E-state index contributed by atoms with van der Waals surface area (Å²) in [7, 11) is 0. The Labute approximate surface area is 114 Å². The lowest BCUT2D eigenvalue weighted by Crippen LogP contribution is -2.28. The average Bonchev–Trinajstić information content (AvgIpc) is 2.37. The zero-order valence-corrected chi connectivity index (χ0v) is 11.9. The number of esters is 1. The van der Waals surface area contributed by atoms with E-state index in [0.29, 0.717) is 28.8 Å². The molecule has 0 fully saturated rings.